The van der Waals surface area contributed by atoms with Crippen LogP contribution in [0.3, 0.4) is 0 Å². The van der Waals surface area contributed by atoms with E-state index in [1.54, 1.807) is 17.5 Å². The van der Waals surface area contributed by atoms with Gasteiger partial charge in [-0.1, -0.05) is 11.6 Å². The molecule has 1 N–H and O–H groups in total. The number of aryl methyl sites for hydroxylation is 1. The van der Waals surface area contributed by atoms with E-state index in [-0.39, 0.29) is 12.1 Å². The summed E-state index contributed by atoms with van der Waals surface area (Å²) >= 11 is 7.95. The molecule has 6 heteroatoms. The first-order valence-corrected chi connectivity index (χ1v) is 7.06. The zero-order chi connectivity index (χ0) is 13.3. The minimum absolute atomic E-state index is 0.0357. The molecule has 0 bridgehead atoms. The second-order valence-corrected chi connectivity index (χ2v) is 6.09. The molecule has 98 valence electrons. The van der Waals surface area contributed by atoms with E-state index in [4.69, 9.17) is 11.6 Å². The number of thiazole rings is 1. The first-order chi connectivity index (χ1) is 8.54. The van der Waals surface area contributed by atoms with E-state index in [9.17, 15) is 0 Å². The van der Waals surface area contributed by atoms with Gasteiger partial charge in [0.25, 0.3) is 0 Å². The third kappa shape index (κ3) is 2.43. The van der Waals surface area contributed by atoms with Gasteiger partial charge >= 0.3 is 0 Å². The van der Waals surface area contributed by atoms with Gasteiger partial charge in [-0.2, -0.15) is 5.10 Å². The third-order valence-electron chi connectivity index (χ3n) is 2.76. The van der Waals surface area contributed by atoms with Gasteiger partial charge in [-0.25, -0.2) is 4.98 Å². The molecule has 0 aliphatic carbocycles. The van der Waals surface area contributed by atoms with E-state index in [0.29, 0.717) is 5.02 Å². The Labute approximate surface area is 116 Å². The van der Waals surface area contributed by atoms with Gasteiger partial charge in [-0.3, -0.25) is 4.68 Å². The van der Waals surface area contributed by atoms with Gasteiger partial charge in [0.05, 0.1) is 28.0 Å². The molecule has 0 aliphatic heterocycles. The van der Waals surface area contributed by atoms with Crippen molar-refractivity contribution in [2.24, 2.45) is 0 Å². The fraction of sp³-hybridized carbons (Fsp3) is 0.500. The van der Waals surface area contributed by atoms with Crippen LogP contribution in [0.15, 0.2) is 12.4 Å². The van der Waals surface area contributed by atoms with E-state index in [2.05, 4.69) is 29.2 Å². The average Bonchev–Trinajstić information content (AvgIpc) is 2.88. The van der Waals surface area contributed by atoms with Gasteiger partial charge in [0.15, 0.2) is 0 Å². The lowest BCUT2D eigenvalue weighted by Crippen LogP contribution is -2.22. The predicted molar refractivity (Wildman–Crippen MR) is 75.4 cm³/mol. The second-order valence-electron chi connectivity index (χ2n) is 4.42. The normalized spacial score (nSPS) is 13.2. The van der Waals surface area contributed by atoms with E-state index in [1.165, 1.54) is 0 Å². The number of nitrogens with one attached hydrogen (secondary N) is 1. The molecular weight excluding hydrogens is 268 g/mol. The van der Waals surface area contributed by atoms with Crippen LogP contribution in [0.2, 0.25) is 5.02 Å². The number of hydrogen-bond donors (Lipinski definition) is 1. The Kier molecular flexibility index (Phi) is 4.04. The fourth-order valence-corrected chi connectivity index (χ4v) is 3.10. The van der Waals surface area contributed by atoms with Gasteiger partial charge in [0.1, 0.15) is 0 Å². The molecule has 0 amide bonds. The summed E-state index contributed by atoms with van der Waals surface area (Å²) in [6, 6.07) is 0.311. The Morgan fingerprint density at radius 2 is 2.11 bits per heavy atom. The van der Waals surface area contributed by atoms with Crippen molar-refractivity contribution >= 4 is 22.9 Å². The molecule has 18 heavy (non-hydrogen) atoms. The zero-order valence-corrected chi connectivity index (χ0v) is 12.5. The lowest BCUT2D eigenvalue weighted by atomic mass is 10.1. The lowest BCUT2D eigenvalue weighted by molar-refractivity contribution is 0.486. The number of nitrogens with zero attached hydrogens (tertiary/aromatic N) is 3. The SMILES string of the molecule is CNC(c1cnc(C)s1)c1c(Cl)cnn1C(C)C. The summed E-state index contributed by atoms with van der Waals surface area (Å²) in [5.74, 6) is 0. The van der Waals surface area contributed by atoms with E-state index >= 15 is 0 Å². The summed E-state index contributed by atoms with van der Waals surface area (Å²) in [6.07, 6.45) is 3.60. The smallest absolute Gasteiger partial charge is 0.0897 e. The van der Waals surface area contributed by atoms with Crippen molar-refractivity contribution in [3.8, 4) is 0 Å². The van der Waals surface area contributed by atoms with Crippen LogP contribution >= 0.6 is 22.9 Å². The molecule has 0 radical (unpaired) electrons. The highest BCUT2D eigenvalue weighted by Gasteiger charge is 2.23. The third-order valence-corrected chi connectivity index (χ3v) is 4.03. The van der Waals surface area contributed by atoms with Crippen molar-refractivity contribution < 1.29 is 0 Å². The van der Waals surface area contributed by atoms with Gasteiger partial charge in [0.2, 0.25) is 0 Å². The molecule has 0 aliphatic rings. The predicted octanol–water partition coefficient (Wildman–Crippen LogP) is 3.19. The Bertz CT molecular complexity index is 532. The molecule has 0 aromatic carbocycles. The summed E-state index contributed by atoms with van der Waals surface area (Å²) in [5.41, 5.74) is 0.998. The molecule has 0 saturated heterocycles. The minimum Gasteiger partial charge on any atom is -0.307 e. The maximum absolute atomic E-state index is 6.28. The van der Waals surface area contributed by atoms with Gasteiger partial charge in [-0.05, 0) is 27.8 Å². The zero-order valence-electron chi connectivity index (χ0n) is 10.9. The molecule has 2 heterocycles. The van der Waals surface area contributed by atoms with Crippen LogP contribution in [0.4, 0.5) is 0 Å². The molecule has 2 aromatic heterocycles. The standard InChI is InChI=1S/C12H17ClN4S/c1-7(2)17-12(9(13)5-16-17)11(14-4)10-6-15-8(3)18-10/h5-7,11,14H,1-4H3. The van der Waals surface area contributed by atoms with Gasteiger partial charge in [0, 0.05) is 17.1 Å². The molecule has 4 nitrogen and oxygen atoms in total. The molecular formula is C12H17ClN4S. The summed E-state index contributed by atoms with van der Waals surface area (Å²) in [4.78, 5) is 5.46. The molecule has 0 saturated carbocycles. The van der Waals surface area contributed by atoms with Gasteiger partial charge in [-0.15, -0.1) is 11.3 Å². The molecule has 2 rings (SSSR count). The van der Waals surface area contributed by atoms with Crippen LogP contribution in [0.5, 0.6) is 0 Å². The molecule has 2 aromatic rings. The van der Waals surface area contributed by atoms with Crippen molar-refractivity contribution in [2.45, 2.75) is 32.9 Å². The lowest BCUT2D eigenvalue weighted by Gasteiger charge is -2.19. The number of halogens is 1. The number of aromatic nitrogens is 3. The van der Waals surface area contributed by atoms with Crippen LogP contribution in [-0.4, -0.2) is 21.8 Å². The molecule has 0 fully saturated rings. The molecule has 1 unspecified atom stereocenters. The Hall–Kier alpha value is -0.910. The van der Waals surface area contributed by atoms with Crippen molar-refractivity contribution in [3.63, 3.8) is 0 Å². The first kappa shape index (κ1) is 13.5. The highest BCUT2D eigenvalue weighted by molar-refractivity contribution is 7.11. The van der Waals surface area contributed by atoms with E-state index in [0.717, 1.165) is 15.6 Å². The van der Waals surface area contributed by atoms with Crippen LogP contribution in [0.1, 0.15) is 41.5 Å². The van der Waals surface area contributed by atoms with E-state index in [1.807, 2.05) is 24.9 Å². The first-order valence-electron chi connectivity index (χ1n) is 5.87. The highest BCUT2D eigenvalue weighted by Crippen LogP contribution is 2.32. The van der Waals surface area contributed by atoms with Crippen molar-refractivity contribution in [1.82, 2.24) is 20.1 Å². The van der Waals surface area contributed by atoms with Crippen LogP contribution in [0.25, 0.3) is 0 Å². The van der Waals surface area contributed by atoms with Crippen molar-refractivity contribution in [1.29, 1.82) is 0 Å². The highest BCUT2D eigenvalue weighted by atomic mass is 35.5. The second kappa shape index (κ2) is 5.38. The van der Waals surface area contributed by atoms with Crippen LogP contribution in [-0.2, 0) is 0 Å². The van der Waals surface area contributed by atoms with Crippen LogP contribution < -0.4 is 5.32 Å². The summed E-state index contributed by atoms with van der Waals surface area (Å²) in [5, 5.41) is 9.38. The van der Waals surface area contributed by atoms with Gasteiger partial charge < -0.3 is 5.32 Å². The van der Waals surface area contributed by atoms with E-state index < -0.39 is 0 Å². The Morgan fingerprint density at radius 1 is 1.39 bits per heavy atom. The Morgan fingerprint density at radius 3 is 2.61 bits per heavy atom. The average molecular weight is 285 g/mol. The maximum Gasteiger partial charge on any atom is 0.0897 e. The van der Waals surface area contributed by atoms with Crippen molar-refractivity contribution in [3.05, 3.63) is 33.0 Å². The van der Waals surface area contributed by atoms with Crippen LogP contribution in [0, 0.1) is 6.92 Å². The van der Waals surface area contributed by atoms with Crippen molar-refractivity contribution in [2.75, 3.05) is 7.05 Å². The monoisotopic (exact) mass is 284 g/mol. The largest absolute Gasteiger partial charge is 0.307 e. The quantitative estimate of drug-likeness (QED) is 0.938. The maximum atomic E-state index is 6.28. The minimum atomic E-state index is 0.0357. The summed E-state index contributed by atoms with van der Waals surface area (Å²) < 4.78 is 1.96. The molecule has 0 spiro atoms. The summed E-state index contributed by atoms with van der Waals surface area (Å²) in [6.45, 7) is 6.19. The fourth-order valence-electron chi connectivity index (χ4n) is 1.96. The number of hydrogen-bond acceptors (Lipinski definition) is 4. The number of rotatable bonds is 4. The topological polar surface area (TPSA) is 42.7 Å². The molecule has 1 atom stereocenters. The Balaban J connectivity index is 2.47. The summed E-state index contributed by atoms with van der Waals surface area (Å²) in [7, 11) is 1.92.